The van der Waals surface area contributed by atoms with Gasteiger partial charge in [-0.15, -0.1) is 12.4 Å². The molecule has 2 heterocycles. The van der Waals surface area contributed by atoms with Gasteiger partial charge in [-0.1, -0.05) is 30.3 Å². The summed E-state index contributed by atoms with van der Waals surface area (Å²) in [5.74, 6) is 0.112. The molecule has 128 valence electrons. The maximum atomic E-state index is 13.0. The monoisotopic (exact) mass is 340 g/mol. The average molecular weight is 341 g/mol. The Labute approximate surface area is 143 Å². The van der Waals surface area contributed by atoms with Gasteiger partial charge in [0.2, 0.25) is 0 Å². The van der Waals surface area contributed by atoms with E-state index in [2.05, 4.69) is 17.4 Å². The highest BCUT2D eigenvalue weighted by Gasteiger charge is 2.43. The van der Waals surface area contributed by atoms with Crippen molar-refractivity contribution in [2.45, 2.75) is 24.5 Å². The Balaban J connectivity index is 0.00000192. The molecular formula is C17H25ClN2O3. The minimum absolute atomic E-state index is 0. The molecule has 2 aliphatic rings. The number of hydrogen-bond acceptors (Lipinski definition) is 4. The van der Waals surface area contributed by atoms with Crippen molar-refractivity contribution >= 4 is 18.3 Å². The summed E-state index contributed by atoms with van der Waals surface area (Å²) in [6.07, 6.45) is 1.42. The minimum Gasteiger partial charge on any atom is -0.370 e. The molecule has 0 bridgehead atoms. The number of piperidine rings is 1. The van der Waals surface area contributed by atoms with Gasteiger partial charge in [-0.2, -0.15) is 0 Å². The molecule has 1 aromatic carbocycles. The van der Waals surface area contributed by atoms with Gasteiger partial charge < -0.3 is 19.7 Å². The summed E-state index contributed by atoms with van der Waals surface area (Å²) in [5, 5.41) is 3.29. The number of morpholine rings is 1. The van der Waals surface area contributed by atoms with Crippen LogP contribution in [-0.4, -0.2) is 56.3 Å². The van der Waals surface area contributed by atoms with E-state index in [1.54, 1.807) is 7.11 Å². The van der Waals surface area contributed by atoms with Crippen molar-refractivity contribution in [3.8, 4) is 0 Å². The van der Waals surface area contributed by atoms with Gasteiger partial charge in [-0.3, -0.25) is 4.79 Å². The van der Waals surface area contributed by atoms with E-state index in [0.717, 1.165) is 31.5 Å². The van der Waals surface area contributed by atoms with Crippen molar-refractivity contribution in [3.05, 3.63) is 35.9 Å². The number of nitrogens with zero attached hydrogens (tertiary/aromatic N) is 1. The largest absolute Gasteiger partial charge is 0.370 e. The summed E-state index contributed by atoms with van der Waals surface area (Å²) < 4.78 is 11.5. The zero-order chi connectivity index (χ0) is 15.4. The van der Waals surface area contributed by atoms with E-state index < -0.39 is 5.60 Å². The van der Waals surface area contributed by atoms with E-state index in [0.29, 0.717) is 19.7 Å². The molecule has 2 fully saturated rings. The van der Waals surface area contributed by atoms with Crippen molar-refractivity contribution in [1.29, 1.82) is 0 Å². The van der Waals surface area contributed by atoms with Crippen LogP contribution < -0.4 is 5.32 Å². The van der Waals surface area contributed by atoms with Crippen molar-refractivity contribution in [2.75, 3.05) is 39.9 Å². The number of nitrogens with one attached hydrogen (secondary N) is 1. The second-order valence-electron chi connectivity index (χ2n) is 5.97. The summed E-state index contributed by atoms with van der Waals surface area (Å²) in [6.45, 7) is 3.46. The lowest BCUT2D eigenvalue weighted by Crippen LogP contribution is -2.57. The highest BCUT2D eigenvalue weighted by atomic mass is 35.5. The van der Waals surface area contributed by atoms with Gasteiger partial charge in [-0.25, -0.2) is 0 Å². The van der Waals surface area contributed by atoms with E-state index in [1.165, 1.54) is 0 Å². The fraction of sp³-hybridized carbons (Fsp3) is 0.588. The Morgan fingerprint density at radius 2 is 2.00 bits per heavy atom. The lowest BCUT2D eigenvalue weighted by molar-refractivity contribution is -0.165. The zero-order valence-electron chi connectivity index (χ0n) is 13.5. The number of amides is 1. The van der Waals surface area contributed by atoms with Crippen LogP contribution in [0.15, 0.2) is 30.3 Å². The van der Waals surface area contributed by atoms with Crippen molar-refractivity contribution in [1.82, 2.24) is 10.2 Å². The van der Waals surface area contributed by atoms with Crippen molar-refractivity contribution in [2.24, 2.45) is 0 Å². The van der Waals surface area contributed by atoms with Gasteiger partial charge in [0.25, 0.3) is 5.91 Å². The molecular weight excluding hydrogens is 316 g/mol. The molecule has 2 aliphatic heterocycles. The first-order valence-corrected chi connectivity index (χ1v) is 7.97. The lowest BCUT2D eigenvalue weighted by atomic mass is 9.90. The Morgan fingerprint density at radius 3 is 2.65 bits per heavy atom. The van der Waals surface area contributed by atoms with Gasteiger partial charge in [0.1, 0.15) is 11.7 Å². The number of hydrogen-bond donors (Lipinski definition) is 1. The molecule has 0 radical (unpaired) electrons. The number of benzene rings is 1. The van der Waals surface area contributed by atoms with Gasteiger partial charge >= 0.3 is 0 Å². The molecule has 1 atom stereocenters. The minimum atomic E-state index is -0.663. The number of halogens is 1. The summed E-state index contributed by atoms with van der Waals surface area (Å²) in [5.41, 5.74) is 0.459. The lowest BCUT2D eigenvalue weighted by Gasteiger charge is -2.41. The van der Waals surface area contributed by atoms with Crippen LogP contribution in [0.2, 0.25) is 0 Å². The quantitative estimate of drug-likeness (QED) is 0.911. The smallest absolute Gasteiger partial charge is 0.255 e. The molecule has 1 amide bonds. The Kier molecular flexibility index (Phi) is 6.41. The Morgan fingerprint density at radius 1 is 1.30 bits per heavy atom. The summed E-state index contributed by atoms with van der Waals surface area (Å²) >= 11 is 0. The van der Waals surface area contributed by atoms with E-state index in [1.807, 2.05) is 23.1 Å². The first-order chi connectivity index (χ1) is 10.7. The third-order valence-corrected chi connectivity index (χ3v) is 4.72. The fourth-order valence-electron chi connectivity index (χ4n) is 3.33. The van der Waals surface area contributed by atoms with Crippen LogP contribution in [0.5, 0.6) is 0 Å². The highest BCUT2D eigenvalue weighted by Crippen LogP contribution is 2.29. The number of methoxy groups -OCH3 is 1. The zero-order valence-corrected chi connectivity index (χ0v) is 14.3. The van der Waals surface area contributed by atoms with Gasteiger partial charge in [0, 0.05) is 13.7 Å². The predicted octanol–water partition coefficient (Wildman–Crippen LogP) is 1.78. The van der Waals surface area contributed by atoms with E-state index in [9.17, 15) is 4.79 Å². The number of carbonyl (C=O) groups is 1. The van der Waals surface area contributed by atoms with Crippen LogP contribution in [0, 0.1) is 0 Å². The standard InChI is InChI=1S/C17H24N2O3.ClH/c1-21-17(7-9-18-10-8-17)16(20)19-11-12-22-15(13-19)14-5-3-2-4-6-14;/h2-6,15,18H,7-13H2,1H3;1H. The Hall–Kier alpha value is -1.14. The molecule has 1 aromatic rings. The van der Waals surface area contributed by atoms with Crippen molar-refractivity contribution in [3.63, 3.8) is 0 Å². The molecule has 3 rings (SSSR count). The molecule has 0 aliphatic carbocycles. The number of carbonyl (C=O) groups excluding carboxylic acids is 1. The van der Waals surface area contributed by atoms with E-state index in [4.69, 9.17) is 9.47 Å². The first-order valence-electron chi connectivity index (χ1n) is 7.97. The molecule has 1 N–H and O–H groups in total. The van der Waals surface area contributed by atoms with Crippen LogP contribution in [0.4, 0.5) is 0 Å². The molecule has 1 unspecified atom stereocenters. The van der Waals surface area contributed by atoms with Crippen LogP contribution in [0.3, 0.4) is 0 Å². The second kappa shape index (κ2) is 8.11. The summed E-state index contributed by atoms with van der Waals surface area (Å²) in [7, 11) is 1.65. The first kappa shape index (κ1) is 18.2. The second-order valence-corrected chi connectivity index (χ2v) is 5.97. The highest BCUT2D eigenvalue weighted by molar-refractivity contribution is 5.86. The third-order valence-electron chi connectivity index (χ3n) is 4.72. The average Bonchev–Trinajstić information content (AvgIpc) is 2.62. The van der Waals surface area contributed by atoms with E-state index in [-0.39, 0.29) is 24.4 Å². The van der Waals surface area contributed by atoms with Crippen LogP contribution in [-0.2, 0) is 14.3 Å². The molecule has 6 heteroatoms. The van der Waals surface area contributed by atoms with Crippen LogP contribution in [0.1, 0.15) is 24.5 Å². The maximum Gasteiger partial charge on any atom is 0.255 e. The normalized spacial score (nSPS) is 23.9. The van der Waals surface area contributed by atoms with E-state index >= 15 is 0 Å². The van der Waals surface area contributed by atoms with Crippen molar-refractivity contribution < 1.29 is 14.3 Å². The fourth-order valence-corrected chi connectivity index (χ4v) is 3.33. The van der Waals surface area contributed by atoms with Gasteiger partial charge in [0.05, 0.1) is 13.2 Å². The molecule has 2 saturated heterocycles. The van der Waals surface area contributed by atoms with Gasteiger partial charge in [-0.05, 0) is 31.5 Å². The SMILES string of the molecule is COC1(C(=O)N2CCOC(c3ccccc3)C2)CCNCC1.Cl. The summed E-state index contributed by atoms with van der Waals surface area (Å²) in [6, 6.07) is 10.1. The Bertz CT molecular complexity index is 506. The van der Waals surface area contributed by atoms with Gasteiger partial charge in [0.15, 0.2) is 0 Å². The topological polar surface area (TPSA) is 50.8 Å². The predicted molar refractivity (Wildman–Crippen MR) is 90.8 cm³/mol. The number of ether oxygens (including phenoxy) is 2. The maximum absolute atomic E-state index is 13.0. The molecule has 0 spiro atoms. The summed E-state index contributed by atoms with van der Waals surface area (Å²) in [4.78, 5) is 14.9. The number of rotatable bonds is 3. The molecule has 0 saturated carbocycles. The molecule has 0 aromatic heterocycles. The van der Waals surface area contributed by atoms with Crippen LogP contribution >= 0.6 is 12.4 Å². The molecule has 23 heavy (non-hydrogen) atoms. The third kappa shape index (κ3) is 3.86. The molecule has 5 nitrogen and oxygen atoms in total. The van der Waals surface area contributed by atoms with Crippen LogP contribution in [0.25, 0.3) is 0 Å².